The van der Waals surface area contributed by atoms with Crippen LogP contribution >= 0.6 is 0 Å². The van der Waals surface area contributed by atoms with Crippen LogP contribution in [0.5, 0.6) is 0 Å². The van der Waals surface area contributed by atoms with E-state index in [1.54, 1.807) is 0 Å². The monoisotopic (exact) mass is 184 g/mol. The van der Waals surface area contributed by atoms with E-state index in [1.807, 2.05) is 0 Å². The topological polar surface area (TPSA) is 15.7 Å². The van der Waals surface area contributed by atoms with Crippen LogP contribution in [0.25, 0.3) is 0 Å². The van der Waals surface area contributed by atoms with Crippen LogP contribution in [0, 0.1) is 0 Å². The zero-order chi connectivity index (χ0) is 9.47. The molecule has 0 radical (unpaired) electrons. The maximum Gasteiger partial charge on any atom is 0.106 e. The van der Waals surface area contributed by atoms with Crippen molar-refractivity contribution in [2.45, 2.75) is 25.5 Å². The summed E-state index contributed by atoms with van der Waals surface area (Å²) in [5.74, 6) is 0. The Bertz CT molecular complexity index is 182. The highest BCUT2D eigenvalue weighted by molar-refractivity contribution is 5.00. The highest BCUT2D eigenvalue weighted by Gasteiger charge is 2.45. The summed E-state index contributed by atoms with van der Waals surface area (Å²) in [6.07, 6.45) is 0. The van der Waals surface area contributed by atoms with Crippen LogP contribution < -0.4 is 0 Å². The highest BCUT2D eigenvalue weighted by Crippen LogP contribution is 2.28. The van der Waals surface area contributed by atoms with Gasteiger partial charge in [0.15, 0.2) is 0 Å². The van der Waals surface area contributed by atoms with Crippen molar-refractivity contribution in [1.29, 1.82) is 0 Å². The average molecular weight is 184 g/mol. The van der Waals surface area contributed by atoms with Gasteiger partial charge in [0.1, 0.15) is 5.60 Å². The molecular weight excluding hydrogens is 164 g/mol. The molecular formula is C10H20N2O. The van der Waals surface area contributed by atoms with Crippen LogP contribution in [0.1, 0.15) is 13.8 Å². The van der Waals surface area contributed by atoms with Gasteiger partial charge in [-0.15, -0.1) is 0 Å². The molecule has 2 fully saturated rings. The lowest BCUT2D eigenvalue weighted by atomic mass is 9.92. The number of nitrogens with zero attached hydrogens (tertiary/aromatic N) is 2. The number of rotatable bonds is 1. The fourth-order valence-electron chi connectivity index (χ4n) is 2.44. The SMILES string of the molecule is CC(C)N1CCOC2(CN(C)C2)C1. The molecule has 2 aliphatic heterocycles. The third kappa shape index (κ3) is 1.73. The van der Waals surface area contributed by atoms with Crippen molar-refractivity contribution in [2.24, 2.45) is 0 Å². The number of ether oxygens (including phenoxy) is 1. The molecule has 2 saturated heterocycles. The number of morpholine rings is 1. The van der Waals surface area contributed by atoms with E-state index in [4.69, 9.17) is 4.74 Å². The number of likely N-dealkylation sites (tertiary alicyclic amines) is 1. The molecule has 3 nitrogen and oxygen atoms in total. The zero-order valence-electron chi connectivity index (χ0n) is 8.92. The Hall–Kier alpha value is -0.120. The second-order valence-corrected chi connectivity index (χ2v) is 4.77. The van der Waals surface area contributed by atoms with E-state index in [2.05, 4.69) is 30.7 Å². The lowest BCUT2D eigenvalue weighted by Crippen LogP contribution is -2.69. The average Bonchev–Trinajstić information content (AvgIpc) is 2.02. The van der Waals surface area contributed by atoms with Crippen molar-refractivity contribution in [2.75, 3.05) is 39.8 Å². The summed E-state index contributed by atoms with van der Waals surface area (Å²) in [5, 5.41) is 0. The predicted octanol–water partition coefficient (Wildman–Crippen LogP) is 0.411. The minimum atomic E-state index is 0.178. The van der Waals surface area contributed by atoms with E-state index in [9.17, 15) is 0 Å². The molecule has 1 spiro atoms. The minimum Gasteiger partial charge on any atom is -0.370 e. The first-order valence-corrected chi connectivity index (χ1v) is 5.18. The molecule has 0 aromatic heterocycles. The smallest absolute Gasteiger partial charge is 0.106 e. The van der Waals surface area contributed by atoms with Gasteiger partial charge in [-0.3, -0.25) is 4.90 Å². The van der Waals surface area contributed by atoms with Crippen LogP contribution in [0.15, 0.2) is 0 Å². The predicted molar refractivity (Wildman–Crippen MR) is 52.9 cm³/mol. The Labute approximate surface area is 80.6 Å². The first-order valence-electron chi connectivity index (χ1n) is 5.18. The number of hydrogen-bond donors (Lipinski definition) is 0. The standard InChI is InChI=1S/C10H20N2O/c1-9(2)12-4-5-13-10(8-12)6-11(3)7-10/h9H,4-8H2,1-3H3. The molecule has 2 heterocycles. The van der Waals surface area contributed by atoms with Gasteiger partial charge < -0.3 is 9.64 Å². The molecule has 2 rings (SSSR count). The summed E-state index contributed by atoms with van der Waals surface area (Å²) in [6.45, 7) is 9.87. The van der Waals surface area contributed by atoms with Gasteiger partial charge in [0.2, 0.25) is 0 Å². The van der Waals surface area contributed by atoms with Crippen LogP contribution in [0.4, 0.5) is 0 Å². The first kappa shape index (κ1) is 9.44. The normalized spacial score (nSPS) is 29.5. The molecule has 76 valence electrons. The van der Waals surface area contributed by atoms with Crippen LogP contribution in [-0.2, 0) is 4.74 Å². The van der Waals surface area contributed by atoms with Crippen molar-refractivity contribution >= 4 is 0 Å². The first-order chi connectivity index (χ1) is 6.11. The van der Waals surface area contributed by atoms with Crippen molar-refractivity contribution in [1.82, 2.24) is 9.80 Å². The molecule has 13 heavy (non-hydrogen) atoms. The number of likely N-dealkylation sites (N-methyl/N-ethyl adjacent to an activating group) is 1. The van der Waals surface area contributed by atoms with E-state index in [-0.39, 0.29) is 5.60 Å². The van der Waals surface area contributed by atoms with Gasteiger partial charge in [-0.05, 0) is 20.9 Å². The molecule has 3 heteroatoms. The third-order valence-corrected chi connectivity index (χ3v) is 3.12. The summed E-state index contributed by atoms with van der Waals surface area (Å²) in [5.41, 5.74) is 0.178. The van der Waals surface area contributed by atoms with Crippen LogP contribution in [0.2, 0.25) is 0 Å². The fraction of sp³-hybridized carbons (Fsp3) is 1.00. The summed E-state index contributed by atoms with van der Waals surface area (Å²) in [4.78, 5) is 4.85. The maximum absolute atomic E-state index is 5.87. The molecule has 0 unspecified atom stereocenters. The second-order valence-electron chi connectivity index (χ2n) is 4.77. The quantitative estimate of drug-likeness (QED) is 0.587. The van der Waals surface area contributed by atoms with Gasteiger partial charge in [-0.1, -0.05) is 0 Å². The van der Waals surface area contributed by atoms with Crippen LogP contribution in [0.3, 0.4) is 0 Å². The second kappa shape index (κ2) is 3.23. The molecule has 2 aliphatic rings. The Kier molecular flexibility index (Phi) is 2.34. The van der Waals surface area contributed by atoms with Crippen molar-refractivity contribution in [3.05, 3.63) is 0 Å². The Morgan fingerprint density at radius 2 is 1.92 bits per heavy atom. The van der Waals surface area contributed by atoms with Gasteiger partial charge in [0.25, 0.3) is 0 Å². The van der Waals surface area contributed by atoms with E-state index < -0.39 is 0 Å². The largest absolute Gasteiger partial charge is 0.370 e. The third-order valence-electron chi connectivity index (χ3n) is 3.12. The fourth-order valence-corrected chi connectivity index (χ4v) is 2.44. The summed E-state index contributed by atoms with van der Waals surface area (Å²) >= 11 is 0. The van der Waals surface area contributed by atoms with Gasteiger partial charge in [-0.2, -0.15) is 0 Å². The van der Waals surface area contributed by atoms with E-state index in [0.29, 0.717) is 6.04 Å². The molecule has 0 amide bonds. The zero-order valence-corrected chi connectivity index (χ0v) is 8.92. The van der Waals surface area contributed by atoms with E-state index in [1.165, 1.54) is 0 Å². The Balaban J connectivity index is 1.93. The highest BCUT2D eigenvalue weighted by atomic mass is 16.5. The summed E-state index contributed by atoms with van der Waals surface area (Å²) < 4.78 is 5.87. The molecule has 0 bridgehead atoms. The number of hydrogen-bond acceptors (Lipinski definition) is 3. The van der Waals surface area contributed by atoms with Crippen molar-refractivity contribution in [3.63, 3.8) is 0 Å². The maximum atomic E-state index is 5.87. The molecule has 0 aromatic carbocycles. The minimum absolute atomic E-state index is 0.178. The molecule has 0 aliphatic carbocycles. The summed E-state index contributed by atoms with van der Waals surface area (Å²) in [7, 11) is 2.16. The van der Waals surface area contributed by atoms with Crippen molar-refractivity contribution < 1.29 is 4.74 Å². The molecule has 0 N–H and O–H groups in total. The lowest BCUT2D eigenvalue weighted by Gasteiger charge is -2.53. The van der Waals surface area contributed by atoms with Gasteiger partial charge in [-0.25, -0.2) is 0 Å². The Morgan fingerprint density at radius 1 is 1.23 bits per heavy atom. The van der Waals surface area contributed by atoms with Crippen molar-refractivity contribution in [3.8, 4) is 0 Å². The Morgan fingerprint density at radius 3 is 2.46 bits per heavy atom. The molecule has 0 saturated carbocycles. The summed E-state index contributed by atoms with van der Waals surface area (Å²) in [6, 6.07) is 0.659. The van der Waals surface area contributed by atoms with Gasteiger partial charge >= 0.3 is 0 Å². The van der Waals surface area contributed by atoms with Crippen LogP contribution in [-0.4, -0.2) is 61.3 Å². The van der Waals surface area contributed by atoms with Gasteiger partial charge in [0, 0.05) is 32.2 Å². The van der Waals surface area contributed by atoms with Gasteiger partial charge in [0.05, 0.1) is 6.61 Å². The molecule has 0 atom stereocenters. The van der Waals surface area contributed by atoms with E-state index in [0.717, 1.165) is 32.8 Å². The van der Waals surface area contributed by atoms with E-state index >= 15 is 0 Å². The lowest BCUT2D eigenvalue weighted by molar-refractivity contribution is -0.181. The molecule has 0 aromatic rings.